The van der Waals surface area contributed by atoms with E-state index in [-0.39, 0.29) is 11.3 Å². The van der Waals surface area contributed by atoms with Crippen LogP contribution < -0.4 is 4.72 Å². The minimum Gasteiger partial charge on any atom is -0.481 e. The van der Waals surface area contributed by atoms with Crippen LogP contribution in [0.25, 0.3) is 0 Å². The summed E-state index contributed by atoms with van der Waals surface area (Å²) >= 11 is 0. The number of terminal acetylenes is 1. The molecule has 114 valence electrons. The minimum atomic E-state index is -3.79. The number of rotatable bonds is 5. The second-order valence-corrected chi connectivity index (χ2v) is 6.67. The second kappa shape index (κ2) is 6.29. The Morgan fingerprint density at radius 2 is 1.95 bits per heavy atom. The molecule has 21 heavy (non-hydrogen) atoms. The Labute approximate surface area is 125 Å². The summed E-state index contributed by atoms with van der Waals surface area (Å²) in [5.74, 6) is 1.30. The average Bonchev–Trinajstić information content (AvgIpc) is 2.32. The summed E-state index contributed by atoms with van der Waals surface area (Å²) in [6.45, 7) is 6.63. The summed E-state index contributed by atoms with van der Waals surface area (Å²) in [6, 6.07) is 1.04. The van der Waals surface area contributed by atoms with Crippen molar-refractivity contribution < 1.29 is 18.3 Å². The first-order chi connectivity index (χ1) is 9.60. The van der Waals surface area contributed by atoms with E-state index < -0.39 is 22.0 Å². The van der Waals surface area contributed by atoms with Crippen LogP contribution in [0, 0.1) is 33.1 Å². The van der Waals surface area contributed by atoms with E-state index in [0.29, 0.717) is 16.7 Å². The van der Waals surface area contributed by atoms with Gasteiger partial charge in [0.2, 0.25) is 10.0 Å². The molecular formula is C15H19NO4S. The molecule has 0 fully saturated rings. The zero-order valence-corrected chi connectivity index (χ0v) is 13.3. The fourth-order valence-electron chi connectivity index (χ4n) is 2.37. The highest BCUT2D eigenvalue weighted by molar-refractivity contribution is 7.89. The highest BCUT2D eigenvalue weighted by atomic mass is 32.2. The van der Waals surface area contributed by atoms with E-state index >= 15 is 0 Å². The molecule has 2 N–H and O–H groups in total. The Kier molecular flexibility index (Phi) is 5.15. The average molecular weight is 309 g/mol. The molecule has 0 aromatic heterocycles. The zero-order chi connectivity index (χ0) is 16.4. The Balaban J connectivity index is 3.50. The molecule has 0 aliphatic carbocycles. The molecular weight excluding hydrogens is 290 g/mol. The van der Waals surface area contributed by atoms with Gasteiger partial charge in [-0.3, -0.25) is 4.79 Å². The van der Waals surface area contributed by atoms with Crippen LogP contribution in [0.5, 0.6) is 0 Å². The van der Waals surface area contributed by atoms with Gasteiger partial charge in [0, 0.05) is 0 Å². The van der Waals surface area contributed by atoms with E-state index in [1.807, 2.05) is 0 Å². The largest absolute Gasteiger partial charge is 0.481 e. The zero-order valence-electron chi connectivity index (χ0n) is 12.5. The van der Waals surface area contributed by atoms with Gasteiger partial charge >= 0.3 is 5.97 Å². The standard InChI is InChI=1S/C15H19NO4S/c1-6-11(4)16-21(19,20)15-10(3)7-9(2)13(12(15)5)8-14(17)18/h1,7,11,16H,8H2,2-5H3,(H,17,18). The first kappa shape index (κ1) is 17.2. The lowest BCUT2D eigenvalue weighted by Crippen LogP contribution is -2.32. The third kappa shape index (κ3) is 3.84. The fraction of sp³-hybridized carbons (Fsp3) is 0.400. The van der Waals surface area contributed by atoms with E-state index in [1.54, 1.807) is 33.8 Å². The maximum atomic E-state index is 12.4. The van der Waals surface area contributed by atoms with Crippen LogP contribution in [0.2, 0.25) is 0 Å². The molecule has 0 heterocycles. The highest BCUT2D eigenvalue weighted by Crippen LogP contribution is 2.27. The number of aryl methyl sites for hydroxylation is 2. The molecule has 0 spiro atoms. The molecule has 1 unspecified atom stereocenters. The molecule has 0 radical (unpaired) electrons. The SMILES string of the molecule is C#CC(C)NS(=O)(=O)c1c(C)cc(C)c(CC(=O)O)c1C. The van der Waals surface area contributed by atoms with Crippen LogP contribution in [-0.2, 0) is 21.2 Å². The Morgan fingerprint density at radius 1 is 1.38 bits per heavy atom. The van der Waals surface area contributed by atoms with Gasteiger partial charge in [-0.1, -0.05) is 12.0 Å². The lowest BCUT2D eigenvalue weighted by atomic mass is 9.97. The maximum absolute atomic E-state index is 12.4. The first-order valence-corrected chi connectivity index (χ1v) is 7.88. The molecule has 0 saturated heterocycles. The molecule has 0 saturated carbocycles. The van der Waals surface area contributed by atoms with E-state index in [0.717, 1.165) is 5.56 Å². The van der Waals surface area contributed by atoms with Gasteiger partial charge in [-0.15, -0.1) is 6.42 Å². The molecule has 1 atom stereocenters. The number of nitrogens with one attached hydrogen (secondary N) is 1. The van der Waals surface area contributed by atoms with Crippen LogP contribution in [0.3, 0.4) is 0 Å². The number of hydrogen-bond donors (Lipinski definition) is 2. The molecule has 0 amide bonds. The summed E-state index contributed by atoms with van der Waals surface area (Å²) in [7, 11) is -3.79. The Bertz CT molecular complexity index is 714. The van der Waals surface area contributed by atoms with Crippen molar-refractivity contribution >= 4 is 16.0 Å². The predicted octanol–water partition coefficient (Wildman–Crippen LogP) is 1.54. The number of benzene rings is 1. The van der Waals surface area contributed by atoms with Gasteiger partial charge in [-0.05, 0) is 49.9 Å². The Morgan fingerprint density at radius 3 is 2.43 bits per heavy atom. The number of carboxylic acids is 1. The quantitative estimate of drug-likeness (QED) is 0.808. The van der Waals surface area contributed by atoms with Crippen molar-refractivity contribution in [2.45, 2.75) is 45.1 Å². The van der Waals surface area contributed by atoms with Crippen molar-refractivity contribution in [1.29, 1.82) is 0 Å². The summed E-state index contributed by atoms with van der Waals surface area (Å²) < 4.78 is 27.3. The summed E-state index contributed by atoms with van der Waals surface area (Å²) in [5, 5.41) is 8.97. The first-order valence-electron chi connectivity index (χ1n) is 6.40. The van der Waals surface area contributed by atoms with E-state index in [9.17, 15) is 13.2 Å². The molecule has 0 aliphatic rings. The van der Waals surface area contributed by atoms with Crippen LogP contribution in [0.1, 0.15) is 29.2 Å². The molecule has 1 aromatic carbocycles. The smallest absolute Gasteiger partial charge is 0.307 e. The molecule has 1 rings (SSSR count). The topological polar surface area (TPSA) is 83.5 Å². The van der Waals surface area contributed by atoms with Gasteiger partial charge in [0.05, 0.1) is 17.4 Å². The van der Waals surface area contributed by atoms with Crippen molar-refractivity contribution in [3.8, 4) is 12.3 Å². The normalized spacial score (nSPS) is 12.7. The minimum absolute atomic E-state index is 0.103. The van der Waals surface area contributed by atoms with Crippen molar-refractivity contribution in [2.24, 2.45) is 0 Å². The number of sulfonamides is 1. The fourth-order valence-corrected chi connectivity index (χ4v) is 4.03. The predicted molar refractivity (Wildman–Crippen MR) is 80.6 cm³/mol. The lowest BCUT2D eigenvalue weighted by molar-refractivity contribution is -0.136. The molecule has 0 bridgehead atoms. The van der Waals surface area contributed by atoms with Gasteiger partial charge in [-0.2, -0.15) is 4.72 Å². The Hall–Kier alpha value is -1.84. The van der Waals surface area contributed by atoms with Crippen LogP contribution in [0.15, 0.2) is 11.0 Å². The van der Waals surface area contributed by atoms with E-state index in [4.69, 9.17) is 11.5 Å². The summed E-state index contributed by atoms with van der Waals surface area (Å²) in [4.78, 5) is 11.1. The van der Waals surface area contributed by atoms with Crippen molar-refractivity contribution in [1.82, 2.24) is 4.72 Å². The number of carbonyl (C=O) groups is 1. The maximum Gasteiger partial charge on any atom is 0.307 e. The van der Waals surface area contributed by atoms with Gasteiger partial charge in [0.25, 0.3) is 0 Å². The number of aliphatic carboxylic acids is 1. The third-order valence-electron chi connectivity index (χ3n) is 3.24. The van der Waals surface area contributed by atoms with Crippen LogP contribution in [-0.4, -0.2) is 25.5 Å². The highest BCUT2D eigenvalue weighted by Gasteiger charge is 2.24. The molecule has 0 aliphatic heterocycles. The van der Waals surface area contributed by atoms with Gasteiger partial charge in [0.1, 0.15) is 0 Å². The lowest BCUT2D eigenvalue weighted by Gasteiger charge is -2.18. The van der Waals surface area contributed by atoms with Crippen molar-refractivity contribution in [2.75, 3.05) is 0 Å². The monoisotopic (exact) mass is 309 g/mol. The third-order valence-corrected chi connectivity index (χ3v) is 5.07. The van der Waals surface area contributed by atoms with Gasteiger partial charge < -0.3 is 5.11 Å². The molecule has 1 aromatic rings. The van der Waals surface area contributed by atoms with Crippen molar-refractivity contribution in [3.63, 3.8) is 0 Å². The van der Waals surface area contributed by atoms with Crippen LogP contribution in [0.4, 0.5) is 0 Å². The second-order valence-electron chi connectivity index (χ2n) is 5.02. The van der Waals surface area contributed by atoms with E-state index in [1.165, 1.54) is 0 Å². The van der Waals surface area contributed by atoms with Crippen LogP contribution >= 0.6 is 0 Å². The number of hydrogen-bond acceptors (Lipinski definition) is 3. The van der Waals surface area contributed by atoms with Gasteiger partial charge in [0.15, 0.2) is 0 Å². The number of carboxylic acid groups (broad SMARTS) is 1. The summed E-state index contributed by atoms with van der Waals surface area (Å²) in [6.07, 6.45) is 4.98. The summed E-state index contributed by atoms with van der Waals surface area (Å²) in [5.41, 5.74) is 2.29. The van der Waals surface area contributed by atoms with E-state index in [2.05, 4.69) is 10.6 Å². The van der Waals surface area contributed by atoms with Crippen molar-refractivity contribution in [3.05, 3.63) is 28.3 Å². The molecule has 6 heteroatoms. The van der Waals surface area contributed by atoms with Gasteiger partial charge in [-0.25, -0.2) is 8.42 Å². The molecule has 5 nitrogen and oxygen atoms in total.